The maximum absolute atomic E-state index is 13.4. The number of aromatic nitrogens is 3. The van der Waals surface area contributed by atoms with E-state index in [-0.39, 0.29) is 17.8 Å². The minimum absolute atomic E-state index is 0.0636. The van der Waals surface area contributed by atoms with Gasteiger partial charge in [-0.25, -0.2) is 9.07 Å². The maximum Gasteiger partial charge on any atom is 0.264 e. The number of carbonyl (C=O) groups excluding carboxylic acids is 1. The number of thiophene rings is 1. The molecule has 3 heterocycles. The molecule has 33 heavy (non-hydrogen) atoms. The van der Waals surface area contributed by atoms with Crippen LogP contribution in [-0.2, 0) is 0 Å². The van der Waals surface area contributed by atoms with Gasteiger partial charge >= 0.3 is 0 Å². The Hall–Kier alpha value is -3.36. The second-order valence-electron chi connectivity index (χ2n) is 8.32. The first-order chi connectivity index (χ1) is 16.0. The number of benzene rings is 2. The summed E-state index contributed by atoms with van der Waals surface area (Å²) in [6.07, 6.45) is 1.41. The molecule has 1 N–H and O–H groups in total. The van der Waals surface area contributed by atoms with E-state index in [0.29, 0.717) is 23.5 Å². The van der Waals surface area contributed by atoms with Crippen LogP contribution in [0.3, 0.4) is 0 Å². The lowest BCUT2D eigenvalue weighted by Gasteiger charge is -2.42. The van der Waals surface area contributed by atoms with E-state index in [4.69, 9.17) is 0 Å². The largest absolute Gasteiger partial charge is 0.391 e. The minimum atomic E-state index is -0.716. The van der Waals surface area contributed by atoms with E-state index in [1.54, 1.807) is 23.0 Å². The van der Waals surface area contributed by atoms with Gasteiger partial charge in [0.25, 0.3) is 5.91 Å². The molecule has 8 heteroatoms. The fourth-order valence-corrected chi connectivity index (χ4v) is 4.97. The number of aryl methyl sites for hydroxylation is 1. The fraction of sp³-hybridized carbons (Fsp3) is 0.240. The molecule has 1 aliphatic heterocycles. The molecule has 1 aliphatic rings. The predicted octanol–water partition coefficient (Wildman–Crippen LogP) is 4.64. The molecule has 2 aromatic carbocycles. The molecule has 0 bridgehead atoms. The fourth-order valence-electron chi connectivity index (χ4n) is 4.29. The van der Waals surface area contributed by atoms with Gasteiger partial charge in [-0.05, 0) is 48.2 Å². The lowest BCUT2D eigenvalue weighted by molar-refractivity contribution is -0.00164. The summed E-state index contributed by atoms with van der Waals surface area (Å²) in [6.45, 7) is 2.32. The Morgan fingerprint density at radius 2 is 1.88 bits per heavy atom. The maximum atomic E-state index is 13.4. The molecular weight excluding hydrogens is 439 g/mol. The molecule has 2 aromatic heterocycles. The number of halogens is 1. The number of hydrogen-bond donors (Lipinski definition) is 1. The van der Waals surface area contributed by atoms with Crippen LogP contribution in [0.25, 0.3) is 11.3 Å². The molecule has 0 saturated carbocycles. The number of piperidine rings is 1. The molecule has 5 rings (SSSR count). The second-order valence-corrected chi connectivity index (χ2v) is 9.27. The van der Waals surface area contributed by atoms with Crippen LogP contribution in [-0.4, -0.2) is 43.6 Å². The normalized spacial score (nSPS) is 20.7. The zero-order chi connectivity index (χ0) is 22.9. The number of carbonyl (C=O) groups is 1. The van der Waals surface area contributed by atoms with Gasteiger partial charge in [-0.2, -0.15) is 0 Å². The van der Waals surface area contributed by atoms with Crippen molar-refractivity contribution in [2.24, 2.45) is 0 Å². The monoisotopic (exact) mass is 462 g/mol. The van der Waals surface area contributed by atoms with Crippen LogP contribution in [0.2, 0.25) is 0 Å². The highest BCUT2D eigenvalue weighted by atomic mass is 32.1. The summed E-state index contributed by atoms with van der Waals surface area (Å²) in [5.74, 6) is -0.384. The van der Waals surface area contributed by atoms with Crippen molar-refractivity contribution in [3.8, 4) is 11.3 Å². The van der Waals surface area contributed by atoms with Crippen LogP contribution in [0.4, 0.5) is 4.39 Å². The Morgan fingerprint density at radius 3 is 2.58 bits per heavy atom. The molecule has 168 valence electrons. The van der Waals surface area contributed by atoms with Crippen molar-refractivity contribution in [1.82, 2.24) is 19.9 Å². The van der Waals surface area contributed by atoms with E-state index in [1.165, 1.54) is 23.5 Å². The summed E-state index contributed by atoms with van der Waals surface area (Å²) >= 11 is 1.41. The summed E-state index contributed by atoms with van der Waals surface area (Å²) in [5, 5.41) is 21.4. The van der Waals surface area contributed by atoms with E-state index >= 15 is 0 Å². The number of hydrogen-bond acceptors (Lipinski definition) is 5. The first-order valence-corrected chi connectivity index (χ1v) is 11.6. The predicted molar refractivity (Wildman–Crippen MR) is 124 cm³/mol. The van der Waals surface area contributed by atoms with Crippen molar-refractivity contribution in [2.45, 2.75) is 31.5 Å². The number of aliphatic hydroxyl groups is 1. The zero-order valence-corrected chi connectivity index (χ0v) is 18.8. The van der Waals surface area contributed by atoms with Crippen molar-refractivity contribution in [3.63, 3.8) is 0 Å². The summed E-state index contributed by atoms with van der Waals surface area (Å²) in [6, 6.07) is 17.1. The van der Waals surface area contributed by atoms with E-state index in [0.717, 1.165) is 16.7 Å². The van der Waals surface area contributed by atoms with Crippen molar-refractivity contribution >= 4 is 17.2 Å². The van der Waals surface area contributed by atoms with Crippen molar-refractivity contribution in [2.75, 3.05) is 6.54 Å². The summed E-state index contributed by atoms with van der Waals surface area (Å²) in [4.78, 5) is 15.9. The Morgan fingerprint density at radius 1 is 1.12 bits per heavy atom. The van der Waals surface area contributed by atoms with Crippen LogP contribution in [0.1, 0.15) is 39.3 Å². The van der Waals surface area contributed by atoms with Gasteiger partial charge < -0.3 is 10.0 Å². The van der Waals surface area contributed by atoms with Gasteiger partial charge in [0.15, 0.2) is 0 Å². The lowest BCUT2D eigenvalue weighted by Crippen LogP contribution is -2.48. The SMILES string of the molecule is Cc1ccc([C@H]2C[C@H](O)[C@@H](n3cc(-c4ccc(F)cc4)nn3)CN2C(=O)c2cccs2)cc1. The van der Waals surface area contributed by atoms with Crippen molar-refractivity contribution < 1.29 is 14.3 Å². The topological polar surface area (TPSA) is 71.2 Å². The number of likely N-dealkylation sites (tertiary alicyclic amines) is 1. The van der Waals surface area contributed by atoms with Gasteiger partial charge in [0.2, 0.25) is 0 Å². The molecular formula is C25H23FN4O2S. The molecule has 1 amide bonds. The Labute approximate surface area is 194 Å². The van der Waals surface area contributed by atoms with Crippen molar-refractivity contribution in [3.05, 3.63) is 94.1 Å². The average molecular weight is 463 g/mol. The third-order valence-electron chi connectivity index (χ3n) is 6.11. The number of rotatable bonds is 4. The Balaban J connectivity index is 1.46. The zero-order valence-electron chi connectivity index (χ0n) is 18.0. The van der Waals surface area contributed by atoms with Crippen LogP contribution >= 0.6 is 11.3 Å². The molecule has 1 saturated heterocycles. The molecule has 0 spiro atoms. The highest BCUT2D eigenvalue weighted by Gasteiger charge is 2.40. The van der Waals surface area contributed by atoms with E-state index in [1.807, 2.05) is 53.6 Å². The first-order valence-electron chi connectivity index (χ1n) is 10.8. The minimum Gasteiger partial charge on any atom is -0.391 e. The first kappa shape index (κ1) is 21.5. The van der Waals surface area contributed by atoms with E-state index in [2.05, 4.69) is 10.3 Å². The average Bonchev–Trinajstić information content (AvgIpc) is 3.52. The molecule has 0 unspecified atom stereocenters. The Bertz CT molecular complexity index is 1240. The van der Waals surface area contributed by atoms with Crippen LogP contribution in [0, 0.1) is 12.7 Å². The standard InChI is InChI=1S/C25H23FN4O2S/c1-16-4-6-18(7-5-16)21-13-23(31)22(15-29(21)25(32)24-3-2-12-33-24)30-14-20(27-28-30)17-8-10-19(26)11-9-17/h2-12,14,21-23,31H,13,15H2,1H3/t21-,22+,23+/m1/s1. The number of amides is 1. The van der Waals surface area contributed by atoms with E-state index < -0.39 is 12.1 Å². The van der Waals surface area contributed by atoms with Gasteiger partial charge in [-0.1, -0.05) is 41.1 Å². The lowest BCUT2D eigenvalue weighted by atomic mass is 9.90. The van der Waals surface area contributed by atoms with Gasteiger partial charge in [0.1, 0.15) is 11.5 Å². The third-order valence-corrected chi connectivity index (χ3v) is 6.97. The van der Waals surface area contributed by atoms with Gasteiger partial charge in [0.05, 0.1) is 29.3 Å². The molecule has 4 aromatic rings. The highest BCUT2D eigenvalue weighted by Crippen LogP contribution is 2.37. The molecule has 6 nitrogen and oxygen atoms in total. The summed E-state index contributed by atoms with van der Waals surface area (Å²) < 4.78 is 14.9. The van der Waals surface area contributed by atoms with Crippen LogP contribution in [0.15, 0.2) is 72.2 Å². The number of nitrogens with zero attached hydrogens (tertiary/aromatic N) is 4. The molecule has 0 aliphatic carbocycles. The molecule has 3 atom stereocenters. The van der Waals surface area contributed by atoms with Crippen molar-refractivity contribution in [1.29, 1.82) is 0 Å². The molecule has 1 fully saturated rings. The van der Waals surface area contributed by atoms with Gasteiger partial charge in [0, 0.05) is 18.5 Å². The van der Waals surface area contributed by atoms with Gasteiger partial charge in [-0.15, -0.1) is 16.4 Å². The third kappa shape index (κ3) is 4.31. The molecule has 0 radical (unpaired) electrons. The second kappa shape index (κ2) is 8.88. The summed E-state index contributed by atoms with van der Waals surface area (Å²) in [5.41, 5.74) is 3.45. The quantitative estimate of drug-likeness (QED) is 0.480. The van der Waals surface area contributed by atoms with E-state index in [9.17, 15) is 14.3 Å². The van der Waals surface area contributed by atoms with Crippen LogP contribution < -0.4 is 0 Å². The highest BCUT2D eigenvalue weighted by molar-refractivity contribution is 7.12. The van der Waals surface area contributed by atoms with Crippen LogP contribution in [0.5, 0.6) is 0 Å². The van der Waals surface area contributed by atoms with Gasteiger partial charge in [-0.3, -0.25) is 4.79 Å². The summed E-state index contributed by atoms with van der Waals surface area (Å²) in [7, 11) is 0. The smallest absolute Gasteiger partial charge is 0.264 e. The Kier molecular flexibility index (Phi) is 5.78. The number of aliphatic hydroxyl groups excluding tert-OH is 1.